The van der Waals surface area contributed by atoms with E-state index in [9.17, 15) is 5.11 Å². The highest BCUT2D eigenvalue weighted by Crippen LogP contribution is 2.26. The van der Waals surface area contributed by atoms with E-state index in [0.29, 0.717) is 11.6 Å². The van der Waals surface area contributed by atoms with Gasteiger partial charge < -0.3 is 9.84 Å². The minimum absolute atomic E-state index is 0.539. The van der Waals surface area contributed by atoms with Crippen molar-refractivity contribution in [1.82, 2.24) is 0 Å². The third-order valence-electron chi connectivity index (χ3n) is 1.73. The zero-order valence-electron chi connectivity index (χ0n) is 7.75. The fourth-order valence-electron chi connectivity index (χ4n) is 1.10. The molecule has 72 valence electrons. The summed E-state index contributed by atoms with van der Waals surface area (Å²) in [5.74, 6) is 0.733. The number of aliphatic hydroxyl groups is 1. The van der Waals surface area contributed by atoms with E-state index in [2.05, 4.69) is 0 Å². The van der Waals surface area contributed by atoms with Crippen LogP contribution in [0.3, 0.4) is 0 Å². The fourth-order valence-corrected chi connectivity index (χ4v) is 1.43. The molecule has 1 aromatic rings. The van der Waals surface area contributed by atoms with Gasteiger partial charge in [0.1, 0.15) is 5.75 Å². The van der Waals surface area contributed by atoms with Crippen molar-refractivity contribution in [3.63, 3.8) is 0 Å². The van der Waals surface area contributed by atoms with E-state index in [1.165, 1.54) is 0 Å². The maximum Gasteiger partial charge on any atom is 0.120 e. The SMILES string of the molecule is CCOc1ccc(C(C)O)c(Cl)c1. The summed E-state index contributed by atoms with van der Waals surface area (Å²) in [7, 11) is 0. The van der Waals surface area contributed by atoms with Crippen molar-refractivity contribution in [3.8, 4) is 5.75 Å². The first kappa shape index (κ1) is 10.4. The Morgan fingerprint density at radius 2 is 2.23 bits per heavy atom. The summed E-state index contributed by atoms with van der Waals surface area (Å²) in [5.41, 5.74) is 0.727. The molecule has 1 rings (SSSR count). The highest BCUT2D eigenvalue weighted by atomic mass is 35.5. The summed E-state index contributed by atoms with van der Waals surface area (Å²) >= 11 is 5.92. The Morgan fingerprint density at radius 3 is 2.69 bits per heavy atom. The average molecular weight is 201 g/mol. The Labute approximate surface area is 83.1 Å². The zero-order chi connectivity index (χ0) is 9.84. The molecule has 3 heteroatoms. The quantitative estimate of drug-likeness (QED) is 0.813. The summed E-state index contributed by atoms with van der Waals surface area (Å²) in [6, 6.07) is 5.29. The van der Waals surface area contributed by atoms with E-state index < -0.39 is 6.10 Å². The van der Waals surface area contributed by atoms with Crippen molar-refractivity contribution in [1.29, 1.82) is 0 Å². The van der Waals surface area contributed by atoms with Gasteiger partial charge in [0, 0.05) is 0 Å². The van der Waals surface area contributed by atoms with Crippen molar-refractivity contribution < 1.29 is 9.84 Å². The Morgan fingerprint density at radius 1 is 1.54 bits per heavy atom. The molecule has 0 heterocycles. The predicted octanol–water partition coefficient (Wildman–Crippen LogP) is 2.79. The Kier molecular flexibility index (Phi) is 3.58. The highest BCUT2D eigenvalue weighted by Gasteiger charge is 2.06. The molecular weight excluding hydrogens is 188 g/mol. The molecule has 0 fully saturated rings. The number of hydrogen-bond donors (Lipinski definition) is 1. The van der Waals surface area contributed by atoms with Gasteiger partial charge in [-0.1, -0.05) is 17.7 Å². The topological polar surface area (TPSA) is 29.5 Å². The summed E-state index contributed by atoms with van der Waals surface area (Å²) < 4.78 is 5.26. The van der Waals surface area contributed by atoms with Crippen LogP contribution in [0.2, 0.25) is 5.02 Å². The standard InChI is InChI=1S/C10H13ClO2/c1-3-13-8-4-5-9(7(2)12)10(11)6-8/h4-7,12H,3H2,1-2H3. The van der Waals surface area contributed by atoms with E-state index in [1.807, 2.05) is 6.92 Å². The Balaban J connectivity index is 2.92. The highest BCUT2D eigenvalue weighted by molar-refractivity contribution is 6.31. The van der Waals surface area contributed by atoms with Crippen molar-refractivity contribution in [3.05, 3.63) is 28.8 Å². The third kappa shape index (κ3) is 2.61. The maximum atomic E-state index is 9.30. The molecule has 1 unspecified atom stereocenters. The molecule has 0 bridgehead atoms. The van der Waals surface area contributed by atoms with Crippen LogP contribution in [0.4, 0.5) is 0 Å². The normalized spacial score (nSPS) is 12.6. The van der Waals surface area contributed by atoms with Crippen LogP contribution < -0.4 is 4.74 Å². The van der Waals surface area contributed by atoms with E-state index in [4.69, 9.17) is 16.3 Å². The van der Waals surface area contributed by atoms with Gasteiger partial charge in [0.25, 0.3) is 0 Å². The summed E-state index contributed by atoms with van der Waals surface area (Å²) in [6.07, 6.45) is -0.539. The summed E-state index contributed by atoms with van der Waals surface area (Å²) in [5, 5.41) is 9.84. The largest absolute Gasteiger partial charge is 0.494 e. The first-order chi connectivity index (χ1) is 6.15. The lowest BCUT2D eigenvalue weighted by Crippen LogP contribution is -1.95. The van der Waals surface area contributed by atoms with E-state index in [0.717, 1.165) is 11.3 Å². The maximum absolute atomic E-state index is 9.30. The molecule has 0 saturated heterocycles. The number of rotatable bonds is 3. The molecule has 2 nitrogen and oxygen atoms in total. The average Bonchev–Trinajstić information content (AvgIpc) is 2.04. The number of hydrogen-bond acceptors (Lipinski definition) is 2. The fraction of sp³-hybridized carbons (Fsp3) is 0.400. The number of halogens is 1. The van der Waals surface area contributed by atoms with Crippen LogP contribution in [0.1, 0.15) is 25.5 Å². The molecular formula is C10H13ClO2. The van der Waals surface area contributed by atoms with Crippen molar-refractivity contribution in [2.75, 3.05) is 6.61 Å². The molecule has 1 atom stereocenters. The number of benzene rings is 1. The molecule has 0 spiro atoms. The van der Waals surface area contributed by atoms with Gasteiger partial charge in [0.2, 0.25) is 0 Å². The lowest BCUT2D eigenvalue weighted by molar-refractivity contribution is 0.199. The predicted molar refractivity (Wildman–Crippen MR) is 53.3 cm³/mol. The molecule has 0 aliphatic rings. The van der Waals surface area contributed by atoms with Crippen LogP contribution in [0.25, 0.3) is 0 Å². The molecule has 0 radical (unpaired) electrons. The van der Waals surface area contributed by atoms with Crippen molar-refractivity contribution in [2.45, 2.75) is 20.0 Å². The number of ether oxygens (including phenoxy) is 1. The van der Waals surface area contributed by atoms with Crippen molar-refractivity contribution >= 4 is 11.6 Å². The second kappa shape index (κ2) is 4.49. The van der Waals surface area contributed by atoms with E-state index in [-0.39, 0.29) is 0 Å². The second-order valence-corrected chi connectivity index (χ2v) is 3.20. The van der Waals surface area contributed by atoms with Crippen LogP contribution in [0.5, 0.6) is 5.75 Å². The molecule has 0 aromatic heterocycles. The van der Waals surface area contributed by atoms with Crippen molar-refractivity contribution in [2.24, 2.45) is 0 Å². The van der Waals surface area contributed by atoms with Crippen LogP contribution >= 0.6 is 11.6 Å². The van der Waals surface area contributed by atoms with E-state index in [1.54, 1.807) is 25.1 Å². The Hall–Kier alpha value is -0.730. The molecule has 0 saturated carbocycles. The van der Waals surface area contributed by atoms with Gasteiger partial charge in [-0.05, 0) is 31.5 Å². The minimum atomic E-state index is -0.539. The molecule has 1 N–H and O–H groups in total. The Bertz CT molecular complexity index is 284. The van der Waals surface area contributed by atoms with Gasteiger partial charge in [0.15, 0.2) is 0 Å². The molecule has 0 aliphatic carbocycles. The van der Waals surface area contributed by atoms with Crippen LogP contribution in [0.15, 0.2) is 18.2 Å². The van der Waals surface area contributed by atoms with E-state index >= 15 is 0 Å². The smallest absolute Gasteiger partial charge is 0.120 e. The minimum Gasteiger partial charge on any atom is -0.494 e. The number of aliphatic hydroxyl groups excluding tert-OH is 1. The van der Waals surface area contributed by atoms with Gasteiger partial charge in [-0.25, -0.2) is 0 Å². The second-order valence-electron chi connectivity index (χ2n) is 2.79. The van der Waals surface area contributed by atoms with Crippen LogP contribution in [-0.2, 0) is 0 Å². The molecule has 0 amide bonds. The van der Waals surface area contributed by atoms with Gasteiger partial charge in [0.05, 0.1) is 17.7 Å². The van der Waals surface area contributed by atoms with Gasteiger partial charge >= 0.3 is 0 Å². The molecule has 1 aromatic carbocycles. The first-order valence-corrected chi connectivity index (χ1v) is 4.63. The van der Waals surface area contributed by atoms with Gasteiger partial charge in [-0.15, -0.1) is 0 Å². The lowest BCUT2D eigenvalue weighted by Gasteiger charge is -2.09. The van der Waals surface area contributed by atoms with Crippen LogP contribution in [0, 0.1) is 0 Å². The monoisotopic (exact) mass is 200 g/mol. The first-order valence-electron chi connectivity index (χ1n) is 4.25. The summed E-state index contributed by atoms with van der Waals surface area (Å²) in [4.78, 5) is 0. The molecule has 13 heavy (non-hydrogen) atoms. The third-order valence-corrected chi connectivity index (χ3v) is 2.06. The van der Waals surface area contributed by atoms with Gasteiger partial charge in [-0.3, -0.25) is 0 Å². The molecule has 0 aliphatic heterocycles. The van der Waals surface area contributed by atoms with Crippen LogP contribution in [-0.4, -0.2) is 11.7 Å². The van der Waals surface area contributed by atoms with Gasteiger partial charge in [-0.2, -0.15) is 0 Å². The zero-order valence-corrected chi connectivity index (χ0v) is 8.51. The lowest BCUT2D eigenvalue weighted by atomic mass is 10.1. The summed E-state index contributed by atoms with van der Waals surface area (Å²) in [6.45, 7) is 4.21.